The highest BCUT2D eigenvalue weighted by Gasteiger charge is 2.31. The number of alkyl halides is 3. The smallest absolute Gasteiger partial charge is 0.366 e. The van der Waals surface area contributed by atoms with Crippen LogP contribution in [-0.4, -0.2) is 10.5 Å². The SMILES string of the molecule is NC(=O)c1cccc2c1c1[c]cc(-c3ccc(Cl)cc3)cc1n2Cc1ccc(C(F)(F)F)cc1F. The highest BCUT2D eigenvalue weighted by molar-refractivity contribution is 6.30. The first-order valence-corrected chi connectivity index (χ1v) is 10.9. The van der Waals surface area contributed by atoms with E-state index in [0.29, 0.717) is 32.9 Å². The number of halogens is 5. The molecule has 0 aliphatic rings. The molecule has 3 nitrogen and oxygen atoms in total. The highest BCUT2D eigenvalue weighted by atomic mass is 35.5. The number of rotatable bonds is 4. The molecule has 5 aromatic rings. The van der Waals surface area contributed by atoms with Crippen LogP contribution in [-0.2, 0) is 12.7 Å². The number of nitrogens with two attached hydrogens (primary N) is 1. The van der Waals surface area contributed by atoms with E-state index in [2.05, 4.69) is 6.07 Å². The van der Waals surface area contributed by atoms with Crippen molar-refractivity contribution in [1.82, 2.24) is 4.57 Å². The molecule has 0 spiro atoms. The molecule has 0 aliphatic heterocycles. The number of primary amides is 1. The van der Waals surface area contributed by atoms with Gasteiger partial charge in [0.15, 0.2) is 0 Å². The van der Waals surface area contributed by atoms with Gasteiger partial charge < -0.3 is 10.3 Å². The van der Waals surface area contributed by atoms with Gasteiger partial charge in [-0.15, -0.1) is 0 Å². The monoisotopic (exact) mass is 495 g/mol. The van der Waals surface area contributed by atoms with Crippen molar-refractivity contribution >= 4 is 39.3 Å². The number of carbonyl (C=O) groups is 1. The van der Waals surface area contributed by atoms with Crippen molar-refractivity contribution in [3.63, 3.8) is 0 Å². The second kappa shape index (κ2) is 8.43. The molecular formula is C27H16ClF4N2O. The fraction of sp³-hybridized carbons (Fsp3) is 0.0741. The van der Waals surface area contributed by atoms with Gasteiger partial charge >= 0.3 is 6.18 Å². The minimum atomic E-state index is -4.65. The number of aromatic nitrogens is 1. The molecule has 0 fully saturated rings. The molecule has 1 amide bonds. The highest BCUT2D eigenvalue weighted by Crippen LogP contribution is 2.36. The third kappa shape index (κ3) is 4.12. The summed E-state index contributed by atoms with van der Waals surface area (Å²) in [6, 6.07) is 21.5. The van der Waals surface area contributed by atoms with E-state index >= 15 is 0 Å². The van der Waals surface area contributed by atoms with Crippen LogP contribution in [0.4, 0.5) is 17.6 Å². The number of amides is 1. The van der Waals surface area contributed by atoms with Crippen LogP contribution in [0, 0.1) is 11.9 Å². The molecule has 1 radical (unpaired) electrons. The van der Waals surface area contributed by atoms with Gasteiger partial charge in [0.1, 0.15) is 5.82 Å². The Kier molecular flexibility index (Phi) is 5.52. The molecule has 0 saturated heterocycles. The zero-order chi connectivity index (χ0) is 24.9. The average Bonchev–Trinajstić information content (AvgIpc) is 3.13. The number of benzene rings is 4. The minimum Gasteiger partial charge on any atom is -0.366 e. The van der Waals surface area contributed by atoms with Gasteiger partial charge in [-0.05, 0) is 65.7 Å². The van der Waals surface area contributed by atoms with Gasteiger partial charge in [-0.25, -0.2) is 4.39 Å². The molecule has 1 heterocycles. The Morgan fingerprint density at radius 1 is 0.971 bits per heavy atom. The Balaban J connectivity index is 1.74. The summed E-state index contributed by atoms with van der Waals surface area (Å²) in [4.78, 5) is 12.2. The first-order valence-electron chi connectivity index (χ1n) is 10.5. The van der Waals surface area contributed by atoms with Crippen molar-refractivity contribution in [3.8, 4) is 11.1 Å². The van der Waals surface area contributed by atoms with Gasteiger partial charge in [0.25, 0.3) is 0 Å². The lowest BCUT2D eigenvalue weighted by atomic mass is 10.0. The van der Waals surface area contributed by atoms with E-state index in [1.807, 2.05) is 18.2 Å². The largest absolute Gasteiger partial charge is 0.416 e. The lowest BCUT2D eigenvalue weighted by Crippen LogP contribution is -2.11. The standard InChI is InChI=1S/C27H16ClF4N2O/c28-19-9-5-15(6-10-19)16-7-11-20-24(12-16)34(23-3-1-2-21(25(20)23)26(33)35)14-17-4-8-18(13-22(17)29)27(30,31)32/h1-10,12-13H,14H2,(H2,33,35). The van der Waals surface area contributed by atoms with Gasteiger partial charge in [-0.2, -0.15) is 13.2 Å². The Bertz CT molecular complexity index is 1600. The maximum atomic E-state index is 14.8. The van der Waals surface area contributed by atoms with Crippen molar-refractivity contribution in [3.05, 3.63) is 106 Å². The van der Waals surface area contributed by atoms with E-state index in [9.17, 15) is 22.4 Å². The molecule has 1 aromatic heterocycles. The fourth-order valence-electron chi connectivity index (χ4n) is 4.26. The van der Waals surface area contributed by atoms with Crippen LogP contribution in [0.15, 0.2) is 72.8 Å². The van der Waals surface area contributed by atoms with Gasteiger partial charge in [-0.1, -0.05) is 35.9 Å². The van der Waals surface area contributed by atoms with Crippen molar-refractivity contribution in [2.24, 2.45) is 5.73 Å². The second-order valence-electron chi connectivity index (χ2n) is 8.11. The quantitative estimate of drug-likeness (QED) is 0.263. The molecule has 5 rings (SSSR count). The maximum Gasteiger partial charge on any atom is 0.416 e. The van der Waals surface area contributed by atoms with Crippen molar-refractivity contribution in [2.75, 3.05) is 0 Å². The summed E-state index contributed by atoms with van der Waals surface area (Å²) in [6.07, 6.45) is -4.65. The number of fused-ring (bicyclic) bond motifs is 3. The predicted octanol–water partition coefficient (Wildman–Crippen LogP) is 7.22. The molecule has 0 saturated carbocycles. The van der Waals surface area contributed by atoms with E-state index in [0.717, 1.165) is 23.3 Å². The van der Waals surface area contributed by atoms with Crippen molar-refractivity contribution in [2.45, 2.75) is 12.7 Å². The van der Waals surface area contributed by atoms with Crippen LogP contribution in [0.5, 0.6) is 0 Å². The third-order valence-corrected chi connectivity index (χ3v) is 6.20. The summed E-state index contributed by atoms with van der Waals surface area (Å²) in [7, 11) is 0. The van der Waals surface area contributed by atoms with Crippen LogP contribution in [0.2, 0.25) is 5.02 Å². The van der Waals surface area contributed by atoms with Gasteiger partial charge in [0, 0.05) is 26.9 Å². The van der Waals surface area contributed by atoms with E-state index in [1.165, 1.54) is 0 Å². The summed E-state index contributed by atoms with van der Waals surface area (Å²) >= 11 is 6.00. The van der Waals surface area contributed by atoms with Gasteiger partial charge in [-0.3, -0.25) is 4.79 Å². The van der Waals surface area contributed by atoms with Crippen molar-refractivity contribution in [1.29, 1.82) is 0 Å². The summed E-state index contributed by atoms with van der Waals surface area (Å²) in [5, 5.41) is 1.72. The summed E-state index contributed by atoms with van der Waals surface area (Å²) in [5.41, 5.74) is 7.76. The summed E-state index contributed by atoms with van der Waals surface area (Å²) in [5.74, 6) is -1.61. The number of hydrogen-bond acceptors (Lipinski definition) is 1. The lowest BCUT2D eigenvalue weighted by molar-refractivity contribution is -0.137. The van der Waals surface area contributed by atoms with Crippen LogP contribution < -0.4 is 5.73 Å². The summed E-state index contributed by atoms with van der Waals surface area (Å²) in [6.45, 7) is -0.0654. The Hall–Kier alpha value is -3.84. The molecule has 0 atom stereocenters. The van der Waals surface area contributed by atoms with Crippen LogP contribution >= 0.6 is 11.6 Å². The molecule has 0 unspecified atom stereocenters. The van der Waals surface area contributed by atoms with Crippen LogP contribution in [0.3, 0.4) is 0 Å². The second-order valence-corrected chi connectivity index (χ2v) is 8.55. The van der Waals surface area contributed by atoms with E-state index in [-0.39, 0.29) is 17.7 Å². The van der Waals surface area contributed by atoms with Crippen molar-refractivity contribution < 1.29 is 22.4 Å². The number of carbonyl (C=O) groups excluding carboxylic acids is 1. The van der Waals surface area contributed by atoms with Crippen LogP contribution in [0.1, 0.15) is 21.5 Å². The predicted molar refractivity (Wildman–Crippen MR) is 128 cm³/mol. The lowest BCUT2D eigenvalue weighted by Gasteiger charge is -2.12. The van der Waals surface area contributed by atoms with E-state index in [1.54, 1.807) is 41.0 Å². The third-order valence-electron chi connectivity index (χ3n) is 5.95. The minimum absolute atomic E-state index is 0.0654. The first-order chi connectivity index (χ1) is 16.6. The zero-order valence-electron chi connectivity index (χ0n) is 18.0. The molecule has 4 aromatic carbocycles. The maximum absolute atomic E-state index is 14.8. The normalized spacial score (nSPS) is 11.9. The summed E-state index contributed by atoms with van der Waals surface area (Å²) < 4.78 is 55.6. The van der Waals surface area contributed by atoms with E-state index < -0.39 is 23.5 Å². The molecule has 2 N–H and O–H groups in total. The number of nitrogens with zero attached hydrogens (tertiary/aromatic N) is 1. The molecule has 0 bridgehead atoms. The average molecular weight is 496 g/mol. The molecular weight excluding hydrogens is 480 g/mol. The number of hydrogen-bond donors (Lipinski definition) is 1. The first kappa shape index (κ1) is 22.9. The Morgan fingerprint density at radius 3 is 2.37 bits per heavy atom. The zero-order valence-corrected chi connectivity index (χ0v) is 18.7. The van der Waals surface area contributed by atoms with E-state index in [4.69, 9.17) is 17.3 Å². The molecule has 8 heteroatoms. The Labute approximate surface area is 202 Å². The fourth-order valence-corrected chi connectivity index (χ4v) is 4.39. The molecule has 175 valence electrons. The topological polar surface area (TPSA) is 48.0 Å². The van der Waals surface area contributed by atoms with Gasteiger partial charge in [0.05, 0.1) is 23.1 Å². The molecule has 0 aliphatic carbocycles. The van der Waals surface area contributed by atoms with Gasteiger partial charge in [0.2, 0.25) is 5.91 Å². The Morgan fingerprint density at radius 2 is 1.71 bits per heavy atom. The molecule has 35 heavy (non-hydrogen) atoms. The van der Waals surface area contributed by atoms with Crippen LogP contribution in [0.25, 0.3) is 32.9 Å².